The maximum absolute atomic E-state index is 12.4. The first-order valence-corrected chi connectivity index (χ1v) is 7.88. The monoisotopic (exact) mass is 399 g/mol. The summed E-state index contributed by atoms with van der Waals surface area (Å²) in [5, 5.41) is 1.60. The molecule has 0 saturated carbocycles. The van der Waals surface area contributed by atoms with E-state index in [0.717, 1.165) is 10.9 Å². The van der Waals surface area contributed by atoms with Gasteiger partial charge in [-0.1, -0.05) is 17.7 Å². The average molecular weight is 401 g/mol. The molecule has 0 spiro atoms. The van der Waals surface area contributed by atoms with Crippen molar-refractivity contribution in [3.63, 3.8) is 0 Å². The van der Waals surface area contributed by atoms with Crippen LogP contribution in [0.5, 0.6) is 11.8 Å². The highest BCUT2D eigenvalue weighted by molar-refractivity contribution is 9.10. The van der Waals surface area contributed by atoms with Gasteiger partial charge in [0, 0.05) is 16.6 Å². The molecule has 8 heteroatoms. The second kappa shape index (κ2) is 6.72. The number of nitrogens with zero attached hydrogens (tertiary/aromatic N) is 3. The maximum Gasteiger partial charge on any atom is 0.240 e. The average Bonchev–Trinajstić information content (AvgIpc) is 2.97. The number of aromatic nitrogens is 3. The Hall–Kier alpha value is -1.86. The van der Waals surface area contributed by atoms with Crippen molar-refractivity contribution < 1.29 is 13.9 Å². The van der Waals surface area contributed by atoms with E-state index >= 15 is 0 Å². The summed E-state index contributed by atoms with van der Waals surface area (Å²) in [6, 6.07) is 7.46. The third-order valence-electron chi connectivity index (χ3n) is 3.16. The number of ether oxygens (including phenoxy) is 2. The van der Waals surface area contributed by atoms with Gasteiger partial charge in [0.1, 0.15) is 17.8 Å². The van der Waals surface area contributed by atoms with Crippen molar-refractivity contribution in [3.8, 4) is 17.7 Å². The maximum atomic E-state index is 12.4. The number of halogens is 3. The Kier molecular flexibility index (Phi) is 4.68. The van der Waals surface area contributed by atoms with E-state index < -0.39 is 6.67 Å². The Morgan fingerprint density at radius 2 is 2.04 bits per heavy atom. The SMILES string of the molecule is COc1nc(-n2ccc3ccc(Cl)cc32)nc(OCCF)c1Br. The first-order valence-electron chi connectivity index (χ1n) is 6.71. The standard InChI is InChI=1S/C15H12BrClFN3O2/c1-22-13-12(16)14(23-7-5-18)20-15(19-13)21-6-4-9-2-3-10(17)8-11(9)21/h2-4,6,8H,5,7H2,1H3. The van der Waals surface area contributed by atoms with Crippen LogP contribution in [0.4, 0.5) is 4.39 Å². The fourth-order valence-electron chi connectivity index (χ4n) is 2.15. The molecule has 2 heterocycles. The minimum Gasteiger partial charge on any atom is -0.480 e. The molecule has 2 aromatic heterocycles. The molecule has 0 unspecified atom stereocenters. The van der Waals surface area contributed by atoms with Crippen molar-refractivity contribution >= 4 is 38.4 Å². The van der Waals surface area contributed by atoms with E-state index in [9.17, 15) is 4.39 Å². The third-order valence-corrected chi connectivity index (χ3v) is 4.07. The van der Waals surface area contributed by atoms with Gasteiger partial charge < -0.3 is 9.47 Å². The predicted octanol–water partition coefficient (Wildman–Crippen LogP) is 4.19. The van der Waals surface area contributed by atoms with E-state index in [0.29, 0.717) is 21.3 Å². The van der Waals surface area contributed by atoms with Gasteiger partial charge in [-0.05, 0) is 34.1 Å². The lowest BCUT2D eigenvalue weighted by atomic mass is 10.2. The molecule has 0 aliphatic rings. The molecule has 0 amide bonds. The number of alkyl halides is 1. The van der Waals surface area contributed by atoms with E-state index in [-0.39, 0.29) is 12.5 Å². The second-order valence-electron chi connectivity index (χ2n) is 4.58. The molecule has 0 radical (unpaired) electrons. The predicted molar refractivity (Wildman–Crippen MR) is 89.6 cm³/mol. The number of rotatable bonds is 5. The van der Waals surface area contributed by atoms with Crippen molar-refractivity contribution in [2.75, 3.05) is 20.4 Å². The fourth-order valence-corrected chi connectivity index (χ4v) is 2.77. The van der Waals surface area contributed by atoms with Crippen molar-refractivity contribution in [1.82, 2.24) is 14.5 Å². The highest BCUT2D eigenvalue weighted by Gasteiger charge is 2.16. The van der Waals surface area contributed by atoms with Crippen molar-refractivity contribution in [3.05, 3.63) is 40.0 Å². The van der Waals surface area contributed by atoms with Crippen LogP contribution in [0.15, 0.2) is 34.9 Å². The Morgan fingerprint density at radius 1 is 1.26 bits per heavy atom. The van der Waals surface area contributed by atoms with Gasteiger partial charge in [0.2, 0.25) is 17.7 Å². The minimum absolute atomic E-state index is 0.101. The zero-order chi connectivity index (χ0) is 16.4. The Morgan fingerprint density at radius 3 is 2.78 bits per heavy atom. The molecule has 0 aliphatic heterocycles. The van der Waals surface area contributed by atoms with E-state index in [2.05, 4.69) is 25.9 Å². The largest absolute Gasteiger partial charge is 0.480 e. The van der Waals surface area contributed by atoms with E-state index in [4.69, 9.17) is 21.1 Å². The Bertz CT molecular complexity index is 856. The Labute approximate surface area is 145 Å². The first kappa shape index (κ1) is 16.0. The molecule has 1 aromatic carbocycles. The lowest BCUT2D eigenvalue weighted by Crippen LogP contribution is -2.07. The second-order valence-corrected chi connectivity index (χ2v) is 5.81. The van der Waals surface area contributed by atoms with E-state index in [1.807, 2.05) is 30.5 Å². The Balaban J connectivity index is 2.15. The number of hydrogen-bond donors (Lipinski definition) is 0. The van der Waals surface area contributed by atoms with Crippen LogP contribution in [0.25, 0.3) is 16.9 Å². The summed E-state index contributed by atoms with van der Waals surface area (Å²) in [7, 11) is 1.49. The molecule has 0 saturated heterocycles. The molecule has 0 fully saturated rings. The molecule has 0 aliphatic carbocycles. The van der Waals surface area contributed by atoms with Crippen LogP contribution < -0.4 is 9.47 Å². The third kappa shape index (κ3) is 3.11. The normalized spacial score (nSPS) is 11.0. The van der Waals surface area contributed by atoms with E-state index in [1.54, 1.807) is 4.57 Å². The van der Waals surface area contributed by atoms with Crippen LogP contribution in [0.2, 0.25) is 5.02 Å². The molecular formula is C15H12BrClFN3O2. The van der Waals surface area contributed by atoms with Crippen molar-refractivity contribution in [2.45, 2.75) is 0 Å². The number of benzene rings is 1. The van der Waals surface area contributed by atoms with Gasteiger partial charge in [-0.15, -0.1) is 0 Å². The van der Waals surface area contributed by atoms with Crippen LogP contribution in [0.3, 0.4) is 0 Å². The smallest absolute Gasteiger partial charge is 0.240 e. The summed E-state index contributed by atoms with van der Waals surface area (Å²) in [4.78, 5) is 8.68. The zero-order valence-corrected chi connectivity index (χ0v) is 14.4. The van der Waals surface area contributed by atoms with Gasteiger partial charge in [0.25, 0.3) is 0 Å². The summed E-state index contributed by atoms with van der Waals surface area (Å²) in [6.45, 7) is -0.716. The van der Waals surface area contributed by atoms with Gasteiger partial charge in [-0.3, -0.25) is 4.57 Å². The van der Waals surface area contributed by atoms with Gasteiger partial charge in [-0.2, -0.15) is 9.97 Å². The molecule has 0 bridgehead atoms. The highest BCUT2D eigenvalue weighted by Crippen LogP contribution is 2.33. The molecule has 3 aromatic rings. The van der Waals surface area contributed by atoms with Gasteiger partial charge >= 0.3 is 0 Å². The number of hydrogen-bond acceptors (Lipinski definition) is 4. The van der Waals surface area contributed by atoms with Gasteiger partial charge in [0.15, 0.2) is 0 Å². The van der Waals surface area contributed by atoms with Crippen LogP contribution in [-0.4, -0.2) is 34.9 Å². The lowest BCUT2D eigenvalue weighted by Gasteiger charge is -2.11. The molecule has 120 valence electrons. The lowest BCUT2D eigenvalue weighted by molar-refractivity contribution is 0.259. The quantitative estimate of drug-likeness (QED) is 0.644. The van der Waals surface area contributed by atoms with Gasteiger partial charge in [0.05, 0.1) is 12.6 Å². The number of fused-ring (bicyclic) bond motifs is 1. The van der Waals surface area contributed by atoms with E-state index in [1.165, 1.54) is 7.11 Å². The molecular weight excluding hydrogens is 389 g/mol. The summed E-state index contributed by atoms with van der Waals surface area (Å²) >= 11 is 9.37. The molecule has 0 atom stereocenters. The number of methoxy groups -OCH3 is 1. The highest BCUT2D eigenvalue weighted by atomic mass is 79.9. The molecule has 0 N–H and O–H groups in total. The first-order chi connectivity index (χ1) is 11.1. The summed E-state index contributed by atoms with van der Waals surface area (Å²) in [5.41, 5.74) is 0.846. The summed E-state index contributed by atoms with van der Waals surface area (Å²) in [5.74, 6) is 0.859. The summed E-state index contributed by atoms with van der Waals surface area (Å²) < 4.78 is 25.1. The fraction of sp³-hybridized carbons (Fsp3) is 0.200. The van der Waals surface area contributed by atoms with Crippen molar-refractivity contribution in [1.29, 1.82) is 0 Å². The minimum atomic E-state index is -0.615. The van der Waals surface area contributed by atoms with Crippen LogP contribution in [0.1, 0.15) is 0 Å². The summed E-state index contributed by atoms with van der Waals surface area (Å²) in [6.07, 6.45) is 1.82. The molecule has 3 rings (SSSR count). The van der Waals surface area contributed by atoms with Crippen LogP contribution in [-0.2, 0) is 0 Å². The molecule has 23 heavy (non-hydrogen) atoms. The van der Waals surface area contributed by atoms with Crippen LogP contribution in [0, 0.1) is 0 Å². The van der Waals surface area contributed by atoms with Crippen molar-refractivity contribution in [2.24, 2.45) is 0 Å². The van der Waals surface area contributed by atoms with Gasteiger partial charge in [-0.25, -0.2) is 4.39 Å². The molecule has 5 nitrogen and oxygen atoms in total. The topological polar surface area (TPSA) is 49.2 Å². The van der Waals surface area contributed by atoms with Crippen LogP contribution >= 0.6 is 27.5 Å². The zero-order valence-electron chi connectivity index (χ0n) is 12.1.